The van der Waals surface area contributed by atoms with E-state index in [0.29, 0.717) is 18.4 Å². The van der Waals surface area contributed by atoms with Crippen LogP contribution >= 0.6 is 24.0 Å². The number of hydrogen-bond acceptors (Lipinski definition) is 3. The summed E-state index contributed by atoms with van der Waals surface area (Å²) in [5.74, 6) is 2.74. The molecule has 1 unspecified atom stereocenters. The Hall–Kier alpha value is -1.02. The minimum absolute atomic E-state index is 0. The predicted octanol–water partition coefficient (Wildman–Crippen LogP) is 3.41. The fourth-order valence-corrected chi connectivity index (χ4v) is 2.68. The van der Waals surface area contributed by atoms with Crippen LogP contribution in [0.4, 0.5) is 0 Å². The van der Waals surface area contributed by atoms with Crippen LogP contribution in [0, 0.1) is 11.8 Å². The maximum atomic E-state index is 9.23. The number of methoxy groups -OCH3 is 1. The van der Waals surface area contributed by atoms with E-state index in [-0.39, 0.29) is 30.6 Å². The summed E-state index contributed by atoms with van der Waals surface area (Å²) in [6, 6.07) is 7.95. The Balaban J connectivity index is 0.00000576. The smallest absolute Gasteiger partial charge is 0.191 e. The molecule has 1 aromatic carbocycles. The van der Waals surface area contributed by atoms with Gasteiger partial charge in [0.2, 0.25) is 0 Å². The summed E-state index contributed by atoms with van der Waals surface area (Å²) in [6.45, 7) is 8.96. The first-order chi connectivity index (χ1) is 11.6. The van der Waals surface area contributed by atoms with Gasteiger partial charge < -0.3 is 20.5 Å². The molecule has 1 atom stereocenters. The molecular weight excluding hydrogens is 429 g/mol. The van der Waals surface area contributed by atoms with Crippen molar-refractivity contribution in [2.45, 2.75) is 40.2 Å². The van der Waals surface area contributed by atoms with Gasteiger partial charge in [-0.3, -0.25) is 0 Å². The Morgan fingerprint density at radius 2 is 2.04 bits per heavy atom. The van der Waals surface area contributed by atoms with Crippen molar-refractivity contribution < 1.29 is 9.84 Å². The van der Waals surface area contributed by atoms with E-state index in [9.17, 15) is 5.11 Å². The van der Waals surface area contributed by atoms with E-state index in [1.54, 1.807) is 7.11 Å². The van der Waals surface area contributed by atoms with Crippen molar-refractivity contribution in [1.82, 2.24) is 10.6 Å². The number of halogens is 1. The van der Waals surface area contributed by atoms with E-state index >= 15 is 0 Å². The molecule has 144 valence electrons. The molecule has 0 aliphatic heterocycles. The van der Waals surface area contributed by atoms with Crippen LogP contribution in [-0.2, 0) is 6.54 Å². The molecule has 0 saturated carbocycles. The molecule has 1 rings (SSSR count). The molecule has 0 bridgehead atoms. The fourth-order valence-electron chi connectivity index (χ4n) is 2.68. The third-order valence-corrected chi connectivity index (χ3v) is 3.80. The van der Waals surface area contributed by atoms with E-state index < -0.39 is 0 Å². The maximum absolute atomic E-state index is 9.23. The first kappa shape index (κ1) is 24.0. The zero-order valence-electron chi connectivity index (χ0n) is 15.9. The van der Waals surface area contributed by atoms with Gasteiger partial charge in [0.25, 0.3) is 0 Å². The number of aliphatic imine (C=N–C) groups is 1. The van der Waals surface area contributed by atoms with Gasteiger partial charge in [0.05, 0.1) is 13.7 Å². The molecular formula is C19H34IN3O2. The standard InChI is InChI=1S/C19H33N3O2.HI/c1-5-20-19(22-14-17(9-10-23)11-15(2)3)21-13-16-7-6-8-18(12-16)24-4;/h6-8,12,15,17,23H,5,9-11,13-14H2,1-4H3,(H2,20,21,22);1H. The zero-order valence-corrected chi connectivity index (χ0v) is 18.2. The van der Waals surface area contributed by atoms with Crippen molar-refractivity contribution in [2.24, 2.45) is 16.8 Å². The second-order valence-corrected chi connectivity index (χ2v) is 6.44. The Bertz CT molecular complexity index is 495. The minimum Gasteiger partial charge on any atom is -0.497 e. The lowest BCUT2D eigenvalue weighted by atomic mass is 9.94. The van der Waals surface area contributed by atoms with Crippen LogP contribution < -0.4 is 15.4 Å². The highest BCUT2D eigenvalue weighted by Crippen LogP contribution is 2.15. The summed E-state index contributed by atoms with van der Waals surface area (Å²) >= 11 is 0. The number of nitrogens with one attached hydrogen (secondary N) is 2. The number of rotatable bonds is 10. The topological polar surface area (TPSA) is 65.9 Å². The number of hydrogen-bond donors (Lipinski definition) is 3. The summed E-state index contributed by atoms with van der Waals surface area (Å²) in [4.78, 5) is 4.65. The van der Waals surface area contributed by atoms with Crippen molar-refractivity contribution in [3.63, 3.8) is 0 Å². The lowest BCUT2D eigenvalue weighted by molar-refractivity contribution is 0.243. The summed E-state index contributed by atoms with van der Waals surface area (Å²) in [5, 5.41) is 15.9. The van der Waals surface area contributed by atoms with Gasteiger partial charge in [-0.25, -0.2) is 4.99 Å². The molecule has 0 heterocycles. The average Bonchev–Trinajstić information content (AvgIpc) is 2.57. The van der Waals surface area contributed by atoms with E-state index in [0.717, 1.165) is 43.2 Å². The second kappa shape index (κ2) is 14.2. The summed E-state index contributed by atoms with van der Waals surface area (Å²) < 4.78 is 5.25. The van der Waals surface area contributed by atoms with Crippen molar-refractivity contribution >= 4 is 29.9 Å². The van der Waals surface area contributed by atoms with Gasteiger partial charge in [-0.05, 0) is 49.3 Å². The molecule has 5 nitrogen and oxygen atoms in total. The molecule has 0 spiro atoms. The molecule has 0 saturated heterocycles. The summed E-state index contributed by atoms with van der Waals surface area (Å²) in [7, 11) is 1.67. The fraction of sp³-hybridized carbons (Fsp3) is 0.632. The highest BCUT2D eigenvalue weighted by atomic mass is 127. The highest BCUT2D eigenvalue weighted by Gasteiger charge is 2.11. The van der Waals surface area contributed by atoms with Crippen molar-refractivity contribution in [1.29, 1.82) is 0 Å². The third kappa shape index (κ3) is 10.5. The van der Waals surface area contributed by atoms with Gasteiger partial charge >= 0.3 is 0 Å². The van der Waals surface area contributed by atoms with Crippen LogP contribution in [0.2, 0.25) is 0 Å². The number of ether oxygens (including phenoxy) is 1. The van der Waals surface area contributed by atoms with E-state index in [1.807, 2.05) is 24.3 Å². The van der Waals surface area contributed by atoms with E-state index in [1.165, 1.54) is 0 Å². The first-order valence-corrected chi connectivity index (χ1v) is 8.85. The predicted molar refractivity (Wildman–Crippen MR) is 116 cm³/mol. The Morgan fingerprint density at radius 1 is 1.28 bits per heavy atom. The SMILES string of the molecule is CCNC(=NCc1cccc(OC)c1)NCC(CCO)CC(C)C.I. The largest absolute Gasteiger partial charge is 0.497 e. The van der Waals surface area contributed by atoms with Gasteiger partial charge in [0, 0.05) is 19.7 Å². The number of aliphatic hydroxyl groups excluding tert-OH is 1. The van der Waals surface area contributed by atoms with Gasteiger partial charge in [-0.2, -0.15) is 0 Å². The molecule has 0 aliphatic rings. The quantitative estimate of drug-likeness (QED) is 0.283. The monoisotopic (exact) mass is 463 g/mol. The minimum atomic E-state index is 0. The highest BCUT2D eigenvalue weighted by molar-refractivity contribution is 14.0. The number of aliphatic hydroxyl groups is 1. The van der Waals surface area contributed by atoms with Gasteiger partial charge in [-0.1, -0.05) is 26.0 Å². The molecule has 6 heteroatoms. The van der Waals surface area contributed by atoms with E-state index in [4.69, 9.17) is 4.74 Å². The van der Waals surface area contributed by atoms with Crippen LogP contribution in [0.5, 0.6) is 5.75 Å². The molecule has 0 aromatic heterocycles. The third-order valence-electron chi connectivity index (χ3n) is 3.80. The van der Waals surface area contributed by atoms with Crippen LogP contribution in [0.3, 0.4) is 0 Å². The number of nitrogens with zero attached hydrogens (tertiary/aromatic N) is 1. The number of benzene rings is 1. The second-order valence-electron chi connectivity index (χ2n) is 6.44. The van der Waals surface area contributed by atoms with Gasteiger partial charge in [0.1, 0.15) is 5.75 Å². The summed E-state index contributed by atoms with van der Waals surface area (Å²) in [6.07, 6.45) is 1.92. The van der Waals surface area contributed by atoms with Crippen molar-refractivity contribution in [2.75, 3.05) is 26.8 Å². The van der Waals surface area contributed by atoms with Gasteiger partial charge in [-0.15, -0.1) is 24.0 Å². The summed E-state index contributed by atoms with van der Waals surface area (Å²) in [5.41, 5.74) is 1.11. The average molecular weight is 463 g/mol. The molecule has 0 radical (unpaired) electrons. The molecule has 0 aliphatic carbocycles. The Kier molecular flexibility index (Phi) is 13.6. The van der Waals surface area contributed by atoms with Crippen molar-refractivity contribution in [3.8, 4) is 5.75 Å². The molecule has 0 fully saturated rings. The van der Waals surface area contributed by atoms with Crippen molar-refractivity contribution in [3.05, 3.63) is 29.8 Å². The zero-order chi connectivity index (χ0) is 17.8. The van der Waals surface area contributed by atoms with Crippen LogP contribution in [-0.4, -0.2) is 37.9 Å². The molecule has 25 heavy (non-hydrogen) atoms. The lowest BCUT2D eigenvalue weighted by Gasteiger charge is -2.20. The van der Waals surface area contributed by atoms with Gasteiger partial charge in [0.15, 0.2) is 5.96 Å². The molecule has 0 amide bonds. The Labute approximate surface area is 169 Å². The lowest BCUT2D eigenvalue weighted by Crippen LogP contribution is -2.40. The maximum Gasteiger partial charge on any atom is 0.191 e. The van der Waals surface area contributed by atoms with Crippen LogP contribution in [0.1, 0.15) is 39.2 Å². The number of guanidine groups is 1. The first-order valence-electron chi connectivity index (χ1n) is 8.85. The van der Waals surface area contributed by atoms with Crippen LogP contribution in [0.15, 0.2) is 29.3 Å². The van der Waals surface area contributed by atoms with Crippen LogP contribution in [0.25, 0.3) is 0 Å². The Morgan fingerprint density at radius 3 is 2.64 bits per heavy atom. The van der Waals surface area contributed by atoms with E-state index in [2.05, 4.69) is 36.4 Å². The molecule has 3 N–H and O–H groups in total. The normalized spacial score (nSPS) is 12.5. The molecule has 1 aromatic rings.